The summed E-state index contributed by atoms with van der Waals surface area (Å²) in [6, 6.07) is 13.6. The van der Waals surface area contributed by atoms with Gasteiger partial charge in [-0.25, -0.2) is 4.79 Å². The lowest BCUT2D eigenvalue weighted by molar-refractivity contribution is 0.0596. The molecule has 23 heavy (non-hydrogen) atoms. The third-order valence-electron chi connectivity index (χ3n) is 3.01. The molecule has 2 aromatic rings. The Balaban J connectivity index is 2.04. The van der Waals surface area contributed by atoms with Crippen molar-refractivity contribution in [2.45, 2.75) is 0 Å². The van der Waals surface area contributed by atoms with Gasteiger partial charge in [-0.1, -0.05) is 47.7 Å². The summed E-state index contributed by atoms with van der Waals surface area (Å²) >= 11 is 5.99. The van der Waals surface area contributed by atoms with E-state index in [0.717, 1.165) is 0 Å². The predicted molar refractivity (Wildman–Crippen MR) is 88.4 cm³/mol. The van der Waals surface area contributed by atoms with Gasteiger partial charge in [0.2, 0.25) is 0 Å². The zero-order chi connectivity index (χ0) is 16.7. The Morgan fingerprint density at radius 3 is 2.43 bits per heavy atom. The fourth-order valence-corrected chi connectivity index (χ4v) is 2.07. The number of methoxy groups -OCH3 is 1. The molecular weight excluding hydrogens is 314 g/mol. The third kappa shape index (κ3) is 4.35. The molecule has 0 unspecified atom stereocenters. The minimum Gasteiger partial charge on any atom is -0.465 e. The van der Waals surface area contributed by atoms with E-state index in [1.807, 2.05) is 12.1 Å². The lowest BCUT2D eigenvalue weighted by atomic mass is 10.1. The smallest absolute Gasteiger partial charge is 0.338 e. The number of carbonyl (C=O) groups excluding carboxylic acids is 2. The minimum absolute atomic E-state index is 0.138. The molecule has 4 nitrogen and oxygen atoms in total. The molecule has 116 valence electrons. The molecule has 1 amide bonds. The molecule has 0 aliphatic heterocycles. The lowest BCUT2D eigenvalue weighted by Gasteiger charge is -2.06. The first-order chi connectivity index (χ1) is 11.1. The van der Waals surface area contributed by atoms with Crippen LogP contribution in [0, 0.1) is 11.8 Å². The van der Waals surface area contributed by atoms with Crippen molar-refractivity contribution in [3.8, 4) is 11.8 Å². The van der Waals surface area contributed by atoms with Gasteiger partial charge in [0.25, 0.3) is 5.91 Å². The number of benzene rings is 2. The van der Waals surface area contributed by atoms with E-state index in [1.165, 1.54) is 13.2 Å². The summed E-state index contributed by atoms with van der Waals surface area (Å²) in [5.74, 6) is 4.76. The quantitative estimate of drug-likeness (QED) is 0.696. The van der Waals surface area contributed by atoms with E-state index in [9.17, 15) is 9.59 Å². The molecule has 2 aromatic carbocycles. The van der Waals surface area contributed by atoms with Crippen LogP contribution in [0.5, 0.6) is 0 Å². The summed E-state index contributed by atoms with van der Waals surface area (Å²) in [5.41, 5.74) is 1.16. The van der Waals surface area contributed by atoms with E-state index in [4.69, 9.17) is 11.6 Å². The minimum atomic E-state index is -0.557. The van der Waals surface area contributed by atoms with Gasteiger partial charge in [-0.05, 0) is 24.3 Å². The Morgan fingerprint density at radius 1 is 1.09 bits per heavy atom. The number of carbonyl (C=O) groups is 2. The van der Waals surface area contributed by atoms with E-state index < -0.39 is 5.97 Å². The molecular formula is C18H14ClNO3. The zero-order valence-corrected chi connectivity index (χ0v) is 13.2. The van der Waals surface area contributed by atoms with Gasteiger partial charge in [-0.3, -0.25) is 4.79 Å². The molecule has 0 fully saturated rings. The molecule has 0 bridgehead atoms. The molecule has 2 rings (SSSR count). The maximum absolute atomic E-state index is 12.2. The molecule has 0 aromatic heterocycles. The first kappa shape index (κ1) is 16.6. The van der Waals surface area contributed by atoms with Crippen LogP contribution in [-0.2, 0) is 4.74 Å². The molecule has 0 spiro atoms. The SMILES string of the molecule is COC(=O)c1ccccc1C(=O)NCC#Cc1ccccc1Cl. The van der Waals surface area contributed by atoms with Crippen LogP contribution in [0.1, 0.15) is 26.3 Å². The molecule has 0 aliphatic carbocycles. The van der Waals surface area contributed by atoms with Crippen molar-refractivity contribution in [2.75, 3.05) is 13.7 Å². The highest BCUT2D eigenvalue weighted by Crippen LogP contribution is 2.13. The van der Waals surface area contributed by atoms with Crippen molar-refractivity contribution in [1.82, 2.24) is 5.32 Å². The summed E-state index contributed by atoms with van der Waals surface area (Å²) in [5, 5.41) is 3.20. The number of rotatable bonds is 3. The van der Waals surface area contributed by atoms with E-state index in [0.29, 0.717) is 10.6 Å². The highest BCUT2D eigenvalue weighted by atomic mass is 35.5. The van der Waals surface area contributed by atoms with Crippen LogP contribution in [0.2, 0.25) is 5.02 Å². The van der Waals surface area contributed by atoms with Crippen LogP contribution in [-0.4, -0.2) is 25.5 Å². The summed E-state index contributed by atoms with van der Waals surface area (Å²) < 4.78 is 4.66. The third-order valence-corrected chi connectivity index (χ3v) is 3.34. The van der Waals surface area contributed by atoms with Gasteiger partial charge in [0.15, 0.2) is 0 Å². The predicted octanol–water partition coefficient (Wildman–Crippen LogP) is 2.91. The van der Waals surface area contributed by atoms with Crippen LogP contribution in [0.4, 0.5) is 0 Å². The Labute approximate surface area is 139 Å². The first-order valence-corrected chi connectivity index (χ1v) is 7.20. The monoisotopic (exact) mass is 327 g/mol. The van der Waals surface area contributed by atoms with Crippen molar-refractivity contribution in [1.29, 1.82) is 0 Å². The van der Waals surface area contributed by atoms with Gasteiger partial charge < -0.3 is 10.1 Å². The molecule has 5 heteroatoms. The van der Waals surface area contributed by atoms with E-state index in [2.05, 4.69) is 21.9 Å². The summed E-state index contributed by atoms with van der Waals surface area (Å²) in [7, 11) is 1.27. The average Bonchev–Trinajstić information content (AvgIpc) is 2.59. The zero-order valence-electron chi connectivity index (χ0n) is 12.4. The van der Waals surface area contributed by atoms with Gasteiger partial charge in [-0.2, -0.15) is 0 Å². The second kappa shape index (κ2) is 8.02. The maximum atomic E-state index is 12.2. The first-order valence-electron chi connectivity index (χ1n) is 6.82. The average molecular weight is 328 g/mol. The second-order valence-electron chi connectivity index (χ2n) is 4.50. The number of esters is 1. The summed E-state index contributed by atoms with van der Waals surface area (Å²) in [4.78, 5) is 23.8. The van der Waals surface area contributed by atoms with Crippen molar-refractivity contribution in [3.05, 3.63) is 70.2 Å². The fourth-order valence-electron chi connectivity index (χ4n) is 1.89. The molecule has 0 saturated carbocycles. The van der Waals surface area contributed by atoms with Gasteiger partial charge in [0, 0.05) is 5.56 Å². The van der Waals surface area contributed by atoms with Gasteiger partial charge in [0.1, 0.15) is 0 Å². The van der Waals surface area contributed by atoms with Crippen LogP contribution in [0.3, 0.4) is 0 Å². The Bertz CT molecular complexity index is 790. The van der Waals surface area contributed by atoms with Crippen molar-refractivity contribution in [2.24, 2.45) is 0 Å². The highest BCUT2D eigenvalue weighted by Gasteiger charge is 2.16. The maximum Gasteiger partial charge on any atom is 0.338 e. The van der Waals surface area contributed by atoms with Crippen LogP contribution >= 0.6 is 11.6 Å². The number of hydrogen-bond acceptors (Lipinski definition) is 3. The van der Waals surface area contributed by atoms with Crippen LogP contribution in [0.15, 0.2) is 48.5 Å². The Morgan fingerprint density at radius 2 is 1.74 bits per heavy atom. The lowest BCUT2D eigenvalue weighted by Crippen LogP contribution is -2.25. The Hall–Kier alpha value is -2.77. The number of halogens is 1. The van der Waals surface area contributed by atoms with Crippen molar-refractivity contribution < 1.29 is 14.3 Å². The van der Waals surface area contributed by atoms with Gasteiger partial charge >= 0.3 is 5.97 Å². The van der Waals surface area contributed by atoms with E-state index >= 15 is 0 Å². The molecule has 0 heterocycles. The standard InChI is InChI=1S/C18H14ClNO3/c1-23-18(22)15-10-4-3-9-14(15)17(21)20-12-6-8-13-7-2-5-11-16(13)19/h2-5,7,9-11H,12H2,1H3,(H,20,21). The van der Waals surface area contributed by atoms with Crippen LogP contribution < -0.4 is 5.32 Å². The normalized spacial score (nSPS) is 9.48. The van der Waals surface area contributed by atoms with Gasteiger partial charge in [0.05, 0.1) is 29.8 Å². The largest absolute Gasteiger partial charge is 0.465 e. The van der Waals surface area contributed by atoms with Crippen molar-refractivity contribution >= 4 is 23.5 Å². The van der Waals surface area contributed by atoms with E-state index in [-0.39, 0.29) is 23.6 Å². The number of nitrogens with one attached hydrogen (secondary N) is 1. The van der Waals surface area contributed by atoms with E-state index in [1.54, 1.807) is 30.3 Å². The highest BCUT2D eigenvalue weighted by molar-refractivity contribution is 6.31. The second-order valence-corrected chi connectivity index (χ2v) is 4.91. The summed E-state index contributed by atoms with van der Waals surface area (Å²) in [6.07, 6.45) is 0. The molecule has 1 N–H and O–H groups in total. The fraction of sp³-hybridized carbons (Fsp3) is 0.111. The molecule has 0 saturated heterocycles. The van der Waals surface area contributed by atoms with Crippen molar-refractivity contribution in [3.63, 3.8) is 0 Å². The number of amides is 1. The topological polar surface area (TPSA) is 55.4 Å². The number of hydrogen-bond donors (Lipinski definition) is 1. The number of ether oxygens (including phenoxy) is 1. The van der Waals surface area contributed by atoms with Gasteiger partial charge in [-0.15, -0.1) is 0 Å². The van der Waals surface area contributed by atoms with Crippen LogP contribution in [0.25, 0.3) is 0 Å². The molecule has 0 aliphatic rings. The molecule has 0 radical (unpaired) electrons. The summed E-state index contributed by atoms with van der Waals surface area (Å²) in [6.45, 7) is 0.138. The Kier molecular flexibility index (Phi) is 5.79. The molecule has 0 atom stereocenters.